The van der Waals surface area contributed by atoms with Crippen LogP contribution in [0.25, 0.3) is 22.6 Å². The van der Waals surface area contributed by atoms with Crippen LogP contribution in [-0.4, -0.2) is 17.1 Å². The van der Waals surface area contributed by atoms with Crippen molar-refractivity contribution in [1.29, 1.82) is 0 Å². The minimum absolute atomic E-state index is 0.304. The number of benzene rings is 3. The number of anilines is 2. The second kappa shape index (κ2) is 10.9. The predicted octanol–water partition coefficient (Wildman–Crippen LogP) is 7.49. The summed E-state index contributed by atoms with van der Waals surface area (Å²) in [6.07, 6.45) is 1.49. The molecule has 1 amide bonds. The molecule has 0 atom stereocenters. The second-order valence-corrected chi connectivity index (χ2v) is 10.1. The van der Waals surface area contributed by atoms with Crippen LogP contribution in [0.5, 0.6) is 0 Å². The highest BCUT2D eigenvalue weighted by Crippen LogP contribution is 2.27. The number of rotatable bonds is 7. The molecule has 0 unspecified atom stereocenters. The van der Waals surface area contributed by atoms with Crippen LogP contribution in [0.3, 0.4) is 0 Å². The highest BCUT2D eigenvalue weighted by atomic mass is 127. The number of carbonyl (C=O) groups is 1. The largest absolute Gasteiger partial charge is 0.455 e. The van der Waals surface area contributed by atoms with E-state index in [-0.39, 0.29) is 5.91 Å². The highest BCUT2D eigenvalue weighted by Gasteiger charge is 2.09. The molecule has 0 bridgehead atoms. The van der Waals surface area contributed by atoms with Crippen LogP contribution in [0.4, 0.5) is 10.8 Å². The number of hydrogen-bond donors (Lipinski definition) is 2. The number of nitrogens with zero attached hydrogens (tertiary/aromatic N) is 2. The van der Waals surface area contributed by atoms with Crippen molar-refractivity contribution in [1.82, 2.24) is 10.4 Å². The van der Waals surface area contributed by atoms with E-state index >= 15 is 0 Å². The minimum atomic E-state index is -0.304. The molecule has 36 heavy (non-hydrogen) atoms. The van der Waals surface area contributed by atoms with Crippen molar-refractivity contribution in [2.75, 3.05) is 5.32 Å². The summed E-state index contributed by atoms with van der Waals surface area (Å²) < 4.78 is 6.95. The normalized spacial score (nSPS) is 11.1. The average molecular weight is 604 g/mol. The van der Waals surface area contributed by atoms with E-state index in [0.717, 1.165) is 37.0 Å². The van der Waals surface area contributed by atoms with Crippen molar-refractivity contribution in [2.45, 2.75) is 6.92 Å². The van der Waals surface area contributed by atoms with Crippen LogP contribution >= 0.6 is 33.9 Å². The second-order valence-electron chi connectivity index (χ2n) is 8.01. The Morgan fingerprint density at radius 1 is 0.944 bits per heavy atom. The standard InChI is InChI=1S/C28H21IN4O2S/c1-18-2-12-23(13-3-18)31-28-32-25(17-36-28)19-4-6-21(7-5-19)27(34)33-30-16-24-14-15-26(35-24)20-8-10-22(29)11-9-20/h2-17H,1H3,(H,31,32)(H,33,34)/b30-16-. The number of hydrogen-bond acceptors (Lipinski definition) is 6. The van der Waals surface area contributed by atoms with Crippen LogP contribution < -0.4 is 10.7 Å². The number of halogens is 1. The molecule has 0 radical (unpaired) electrons. The molecule has 0 saturated heterocycles. The van der Waals surface area contributed by atoms with Gasteiger partial charge in [0, 0.05) is 31.3 Å². The van der Waals surface area contributed by atoms with Gasteiger partial charge in [0.2, 0.25) is 0 Å². The fraction of sp³-hybridized carbons (Fsp3) is 0.0357. The lowest BCUT2D eigenvalue weighted by molar-refractivity contribution is 0.0955. The van der Waals surface area contributed by atoms with E-state index in [9.17, 15) is 4.79 Å². The molecule has 5 aromatic rings. The Morgan fingerprint density at radius 2 is 1.67 bits per heavy atom. The lowest BCUT2D eigenvalue weighted by atomic mass is 10.1. The van der Waals surface area contributed by atoms with Gasteiger partial charge in [0.1, 0.15) is 11.5 Å². The van der Waals surface area contributed by atoms with Gasteiger partial charge in [0.15, 0.2) is 5.13 Å². The number of thiazole rings is 1. The Hall–Kier alpha value is -3.76. The highest BCUT2D eigenvalue weighted by molar-refractivity contribution is 14.1. The molecular weight excluding hydrogens is 583 g/mol. The van der Waals surface area contributed by atoms with Gasteiger partial charge in [-0.1, -0.05) is 42.0 Å². The zero-order chi connectivity index (χ0) is 24.9. The Balaban J connectivity index is 1.18. The quantitative estimate of drug-likeness (QED) is 0.115. The topological polar surface area (TPSA) is 79.5 Å². The smallest absolute Gasteiger partial charge is 0.271 e. The van der Waals surface area contributed by atoms with Gasteiger partial charge in [0.05, 0.1) is 11.9 Å². The first-order valence-corrected chi connectivity index (χ1v) is 13.1. The van der Waals surface area contributed by atoms with E-state index in [1.807, 2.05) is 66.0 Å². The van der Waals surface area contributed by atoms with Gasteiger partial charge in [-0.05, 0) is 78.0 Å². The van der Waals surface area contributed by atoms with Crippen LogP contribution in [0.1, 0.15) is 21.7 Å². The van der Waals surface area contributed by atoms with E-state index < -0.39 is 0 Å². The first-order valence-electron chi connectivity index (χ1n) is 11.1. The fourth-order valence-corrected chi connectivity index (χ4v) is 4.53. The van der Waals surface area contributed by atoms with Crippen molar-refractivity contribution < 1.29 is 9.21 Å². The van der Waals surface area contributed by atoms with Gasteiger partial charge >= 0.3 is 0 Å². The van der Waals surface area contributed by atoms with Crippen LogP contribution in [-0.2, 0) is 0 Å². The van der Waals surface area contributed by atoms with Crippen molar-refractivity contribution in [2.24, 2.45) is 5.10 Å². The summed E-state index contributed by atoms with van der Waals surface area (Å²) in [4.78, 5) is 17.1. The van der Waals surface area contributed by atoms with E-state index in [1.165, 1.54) is 23.1 Å². The van der Waals surface area contributed by atoms with Crippen molar-refractivity contribution in [3.05, 3.63) is 111 Å². The summed E-state index contributed by atoms with van der Waals surface area (Å²) >= 11 is 3.80. The summed E-state index contributed by atoms with van der Waals surface area (Å²) in [5.74, 6) is 0.994. The Labute approximate surface area is 226 Å². The minimum Gasteiger partial charge on any atom is -0.455 e. The zero-order valence-electron chi connectivity index (χ0n) is 19.2. The van der Waals surface area contributed by atoms with Crippen LogP contribution in [0.2, 0.25) is 0 Å². The first-order chi connectivity index (χ1) is 17.5. The Bertz CT molecular complexity index is 1500. The van der Waals surface area contributed by atoms with Gasteiger partial charge in [0.25, 0.3) is 5.91 Å². The molecule has 5 rings (SSSR count). The number of carbonyl (C=O) groups excluding carboxylic acids is 1. The molecule has 8 heteroatoms. The maximum atomic E-state index is 12.5. The Kier molecular flexibility index (Phi) is 7.24. The molecule has 0 spiro atoms. The monoisotopic (exact) mass is 604 g/mol. The average Bonchev–Trinajstić information content (AvgIpc) is 3.56. The first kappa shape index (κ1) is 24.0. The van der Waals surface area contributed by atoms with Gasteiger partial charge in [-0.3, -0.25) is 4.79 Å². The molecular formula is C28H21IN4O2S. The fourth-order valence-electron chi connectivity index (χ4n) is 3.43. The Morgan fingerprint density at radius 3 is 2.42 bits per heavy atom. The maximum absolute atomic E-state index is 12.5. The third-order valence-corrected chi connectivity index (χ3v) is 6.84. The van der Waals surface area contributed by atoms with E-state index in [1.54, 1.807) is 12.1 Å². The summed E-state index contributed by atoms with van der Waals surface area (Å²) in [7, 11) is 0. The molecule has 3 aromatic carbocycles. The van der Waals surface area contributed by atoms with Gasteiger partial charge < -0.3 is 9.73 Å². The van der Waals surface area contributed by atoms with E-state index in [2.05, 4.69) is 62.5 Å². The van der Waals surface area contributed by atoms with Crippen molar-refractivity contribution in [3.63, 3.8) is 0 Å². The molecule has 0 aliphatic carbocycles. The number of aromatic nitrogens is 1. The van der Waals surface area contributed by atoms with Gasteiger partial charge in [-0.2, -0.15) is 5.10 Å². The predicted molar refractivity (Wildman–Crippen MR) is 154 cm³/mol. The van der Waals surface area contributed by atoms with Crippen molar-refractivity contribution in [3.8, 4) is 22.6 Å². The molecule has 0 fully saturated rings. The maximum Gasteiger partial charge on any atom is 0.271 e. The molecule has 0 saturated carbocycles. The third kappa shape index (κ3) is 5.89. The van der Waals surface area contributed by atoms with E-state index in [0.29, 0.717) is 11.3 Å². The summed E-state index contributed by atoms with van der Waals surface area (Å²) in [6, 6.07) is 27.2. The number of hydrazone groups is 1. The number of aryl methyl sites for hydroxylation is 1. The molecule has 0 aliphatic rings. The molecule has 0 aliphatic heterocycles. The van der Waals surface area contributed by atoms with Crippen LogP contribution in [0.15, 0.2) is 99.8 Å². The number of nitrogens with one attached hydrogen (secondary N) is 2. The van der Waals surface area contributed by atoms with Crippen molar-refractivity contribution >= 4 is 56.9 Å². The molecule has 2 aromatic heterocycles. The molecule has 2 N–H and O–H groups in total. The molecule has 178 valence electrons. The lowest BCUT2D eigenvalue weighted by Crippen LogP contribution is -2.17. The SMILES string of the molecule is Cc1ccc(Nc2nc(-c3ccc(C(=O)N/N=C\c4ccc(-c5ccc(I)cc5)o4)cc3)cs2)cc1. The number of furan rings is 1. The lowest BCUT2D eigenvalue weighted by Gasteiger charge is -2.03. The molecule has 6 nitrogen and oxygen atoms in total. The summed E-state index contributed by atoms with van der Waals surface area (Å²) in [5, 5.41) is 10.2. The molecule has 2 heterocycles. The number of amides is 1. The van der Waals surface area contributed by atoms with E-state index in [4.69, 9.17) is 4.42 Å². The van der Waals surface area contributed by atoms with Crippen LogP contribution in [0, 0.1) is 10.5 Å². The van der Waals surface area contributed by atoms with Gasteiger partial charge in [-0.15, -0.1) is 11.3 Å². The summed E-state index contributed by atoms with van der Waals surface area (Å²) in [5.41, 5.74) is 8.02. The van der Waals surface area contributed by atoms with Gasteiger partial charge in [-0.25, -0.2) is 10.4 Å². The summed E-state index contributed by atoms with van der Waals surface area (Å²) in [6.45, 7) is 2.06. The third-order valence-electron chi connectivity index (χ3n) is 5.36. The zero-order valence-corrected chi connectivity index (χ0v) is 22.2.